The van der Waals surface area contributed by atoms with E-state index >= 15 is 0 Å². The van der Waals surface area contributed by atoms with Crippen LogP contribution in [-0.4, -0.2) is 35.3 Å². The van der Waals surface area contributed by atoms with E-state index in [-0.39, 0.29) is 18.4 Å². The summed E-state index contributed by atoms with van der Waals surface area (Å²) in [4.78, 5) is 36.3. The van der Waals surface area contributed by atoms with Crippen molar-refractivity contribution >= 4 is 23.7 Å². The summed E-state index contributed by atoms with van der Waals surface area (Å²) in [5, 5.41) is 15.7. The lowest BCUT2D eigenvalue weighted by Gasteiger charge is -2.20. The molecule has 1 fully saturated rings. The van der Waals surface area contributed by atoms with Gasteiger partial charge in [-0.2, -0.15) is 0 Å². The van der Waals surface area contributed by atoms with Crippen LogP contribution in [0.3, 0.4) is 0 Å². The Labute approximate surface area is 182 Å². The number of aromatic nitrogens is 2. The highest BCUT2D eigenvalue weighted by atomic mass is 16.6. The number of amides is 4. The van der Waals surface area contributed by atoms with Crippen molar-refractivity contribution in [3.63, 3.8) is 0 Å². The molecule has 1 aliphatic carbocycles. The van der Waals surface area contributed by atoms with Gasteiger partial charge in [-0.3, -0.25) is 10.1 Å². The van der Waals surface area contributed by atoms with Gasteiger partial charge >= 0.3 is 12.1 Å². The maximum atomic E-state index is 12.7. The van der Waals surface area contributed by atoms with Gasteiger partial charge in [-0.25, -0.2) is 9.59 Å². The second-order valence-electron chi connectivity index (χ2n) is 7.65. The number of rotatable bonds is 4. The van der Waals surface area contributed by atoms with E-state index in [0.29, 0.717) is 29.5 Å². The number of anilines is 1. The largest absolute Gasteiger partial charge is 0.427 e. The molecule has 1 spiro atoms. The number of alkyl carbamates (subject to hydrolysis) is 1. The molecular weight excluding hydrogens is 414 g/mol. The van der Waals surface area contributed by atoms with Crippen molar-refractivity contribution in [3.8, 4) is 11.5 Å². The Morgan fingerprint density at radius 1 is 1.19 bits per heavy atom. The highest BCUT2D eigenvalue weighted by Gasteiger charge is 2.57. The monoisotopic (exact) mass is 433 g/mol. The fourth-order valence-corrected chi connectivity index (χ4v) is 4.27. The average molecular weight is 433 g/mol. The Morgan fingerprint density at radius 3 is 2.72 bits per heavy atom. The Morgan fingerprint density at radius 2 is 2.00 bits per heavy atom. The smallest absolute Gasteiger partial charge is 0.415 e. The van der Waals surface area contributed by atoms with Gasteiger partial charge in [0.1, 0.15) is 0 Å². The SMILES string of the molecule is CNC(=O)Nc1ccc2c(c1)C(Cc1nnc(-c3ccccc3)o1)C[C@]21OC(=O)NC1=O. The van der Waals surface area contributed by atoms with E-state index in [1.54, 1.807) is 18.2 Å². The zero-order valence-electron chi connectivity index (χ0n) is 17.0. The normalized spacial score (nSPS) is 21.2. The van der Waals surface area contributed by atoms with Crippen molar-refractivity contribution in [1.29, 1.82) is 0 Å². The van der Waals surface area contributed by atoms with Crippen molar-refractivity contribution in [1.82, 2.24) is 20.8 Å². The molecule has 0 bridgehead atoms. The van der Waals surface area contributed by atoms with E-state index in [2.05, 4.69) is 26.1 Å². The van der Waals surface area contributed by atoms with Gasteiger partial charge in [0.25, 0.3) is 5.91 Å². The van der Waals surface area contributed by atoms with E-state index in [4.69, 9.17) is 9.15 Å². The number of carbonyl (C=O) groups is 3. The summed E-state index contributed by atoms with van der Waals surface area (Å²) in [7, 11) is 1.52. The first-order chi connectivity index (χ1) is 15.5. The number of urea groups is 1. The molecule has 1 unspecified atom stereocenters. The van der Waals surface area contributed by atoms with Crippen LogP contribution < -0.4 is 16.0 Å². The lowest BCUT2D eigenvalue weighted by molar-refractivity contribution is -0.132. The van der Waals surface area contributed by atoms with E-state index in [1.807, 2.05) is 30.3 Å². The molecule has 5 rings (SSSR count). The van der Waals surface area contributed by atoms with Crippen LogP contribution in [0.15, 0.2) is 52.9 Å². The average Bonchev–Trinajstić information content (AvgIpc) is 3.46. The van der Waals surface area contributed by atoms with E-state index in [0.717, 1.165) is 11.1 Å². The third-order valence-electron chi connectivity index (χ3n) is 5.70. The Hall–Kier alpha value is -4.21. The van der Waals surface area contributed by atoms with Crippen LogP contribution in [0.25, 0.3) is 11.5 Å². The molecule has 1 aliphatic heterocycles. The van der Waals surface area contributed by atoms with Gasteiger partial charge in [0.2, 0.25) is 17.4 Å². The molecule has 1 aromatic heterocycles. The zero-order valence-corrected chi connectivity index (χ0v) is 17.0. The Bertz CT molecular complexity index is 1220. The van der Waals surface area contributed by atoms with Crippen LogP contribution >= 0.6 is 0 Å². The molecule has 162 valence electrons. The number of ether oxygens (including phenoxy) is 1. The second-order valence-corrected chi connectivity index (χ2v) is 7.65. The topological polar surface area (TPSA) is 135 Å². The van der Waals surface area contributed by atoms with Crippen molar-refractivity contribution in [2.45, 2.75) is 24.4 Å². The first kappa shape index (κ1) is 19.7. The fraction of sp³-hybridized carbons (Fsp3) is 0.227. The Balaban J connectivity index is 1.49. The fourth-order valence-electron chi connectivity index (χ4n) is 4.27. The number of imide groups is 1. The number of benzene rings is 2. The summed E-state index contributed by atoms with van der Waals surface area (Å²) in [6, 6.07) is 14.2. The molecule has 10 heteroatoms. The minimum atomic E-state index is -1.41. The van der Waals surface area contributed by atoms with Crippen LogP contribution in [0.2, 0.25) is 0 Å². The molecular formula is C22H19N5O5. The summed E-state index contributed by atoms with van der Waals surface area (Å²) in [5.41, 5.74) is 1.28. The van der Waals surface area contributed by atoms with Crippen molar-refractivity contribution in [2.75, 3.05) is 12.4 Å². The zero-order chi connectivity index (χ0) is 22.3. The number of nitrogens with zero attached hydrogens (tertiary/aromatic N) is 2. The van der Waals surface area contributed by atoms with Crippen molar-refractivity contribution in [2.24, 2.45) is 0 Å². The molecule has 3 N–H and O–H groups in total. The molecule has 2 atom stereocenters. The molecule has 2 aromatic carbocycles. The minimum absolute atomic E-state index is 0.229. The highest BCUT2D eigenvalue weighted by molar-refractivity contribution is 6.04. The van der Waals surface area contributed by atoms with Gasteiger partial charge < -0.3 is 19.8 Å². The molecule has 2 aliphatic rings. The van der Waals surface area contributed by atoms with Crippen molar-refractivity contribution in [3.05, 3.63) is 65.5 Å². The summed E-state index contributed by atoms with van der Waals surface area (Å²) in [6.07, 6.45) is -0.215. The predicted molar refractivity (Wildman–Crippen MR) is 112 cm³/mol. The van der Waals surface area contributed by atoms with Gasteiger partial charge in [-0.05, 0) is 35.7 Å². The maximum Gasteiger partial charge on any atom is 0.415 e. The number of hydrogen-bond acceptors (Lipinski definition) is 7. The van der Waals surface area contributed by atoms with Crippen LogP contribution in [0.4, 0.5) is 15.3 Å². The molecule has 2 heterocycles. The van der Waals surface area contributed by atoms with E-state index in [9.17, 15) is 14.4 Å². The number of hydrogen-bond donors (Lipinski definition) is 3. The van der Waals surface area contributed by atoms with E-state index < -0.39 is 17.6 Å². The summed E-state index contributed by atoms with van der Waals surface area (Å²) >= 11 is 0. The van der Waals surface area contributed by atoms with Gasteiger partial charge in [0.15, 0.2) is 0 Å². The van der Waals surface area contributed by atoms with Gasteiger partial charge in [-0.1, -0.05) is 24.3 Å². The van der Waals surface area contributed by atoms with E-state index in [1.165, 1.54) is 7.05 Å². The van der Waals surface area contributed by atoms with Crippen molar-refractivity contribution < 1.29 is 23.5 Å². The molecule has 1 saturated heterocycles. The van der Waals surface area contributed by atoms with Gasteiger partial charge in [-0.15, -0.1) is 10.2 Å². The third-order valence-corrected chi connectivity index (χ3v) is 5.70. The predicted octanol–water partition coefficient (Wildman–Crippen LogP) is 2.68. The molecule has 3 aromatic rings. The molecule has 32 heavy (non-hydrogen) atoms. The summed E-state index contributed by atoms with van der Waals surface area (Å²) in [6.45, 7) is 0. The second kappa shape index (κ2) is 7.49. The minimum Gasteiger partial charge on any atom is -0.427 e. The molecule has 10 nitrogen and oxygen atoms in total. The summed E-state index contributed by atoms with van der Waals surface area (Å²) < 4.78 is 11.3. The number of carbonyl (C=O) groups excluding carboxylic acids is 3. The van der Waals surface area contributed by atoms with Crippen LogP contribution in [0.5, 0.6) is 0 Å². The molecule has 4 amide bonds. The lowest BCUT2D eigenvalue weighted by atomic mass is 9.94. The first-order valence-corrected chi connectivity index (χ1v) is 10.0. The van der Waals surface area contributed by atoms with Gasteiger partial charge in [0, 0.05) is 36.7 Å². The quantitative estimate of drug-likeness (QED) is 0.576. The highest BCUT2D eigenvalue weighted by Crippen LogP contribution is 2.50. The number of nitrogens with one attached hydrogen (secondary N) is 3. The first-order valence-electron chi connectivity index (χ1n) is 10.0. The molecule has 0 radical (unpaired) electrons. The van der Waals surface area contributed by atoms with Gasteiger partial charge in [0.05, 0.1) is 0 Å². The van der Waals surface area contributed by atoms with Crippen LogP contribution in [-0.2, 0) is 21.6 Å². The molecule has 0 saturated carbocycles. The third kappa shape index (κ3) is 3.25. The summed E-state index contributed by atoms with van der Waals surface area (Å²) in [5.74, 6) is 0.0331. The lowest BCUT2D eigenvalue weighted by Crippen LogP contribution is -2.34. The maximum absolute atomic E-state index is 12.7. The van der Waals surface area contributed by atoms with Crippen LogP contribution in [0, 0.1) is 0 Å². The standard InChI is InChI=1S/C22H19N5O5/c1-23-20(29)24-14-7-8-16-15(10-14)13(11-22(16)19(28)25-21(30)32-22)9-17-26-27-18(31-17)12-5-3-2-4-6-12/h2-8,10,13H,9,11H2,1H3,(H2,23,24,29)(H,25,28,30)/t13?,22-/m0/s1. The number of fused-ring (bicyclic) bond motifs is 2. The van der Waals surface area contributed by atoms with Crippen LogP contribution in [0.1, 0.15) is 29.4 Å². The Kier molecular flexibility index (Phi) is 4.62.